The van der Waals surface area contributed by atoms with E-state index in [0.29, 0.717) is 0 Å². The molecule has 23 heavy (non-hydrogen) atoms. The molecule has 2 aromatic rings. The topological polar surface area (TPSA) is 41.1 Å². The Hall–Kier alpha value is -2.13. The zero-order chi connectivity index (χ0) is 16.8. The number of benzene rings is 2. The van der Waals surface area contributed by atoms with Gasteiger partial charge < -0.3 is 0 Å². The van der Waals surface area contributed by atoms with Crippen molar-refractivity contribution >= 4 is 22.8 Å². The van der Waals surface area contributed by atoms with E-state index < -0.39 is 0 Å². The highest BCUT2D eigenvalue weighted by molar-refractivity contribution is 6.04. The summed E-state index contributed by atoms with van der Waals surface area (Å²) in [7, 11) is 0. The average molecular weight is 308 g/mol. The molecule has 0 radical (unpaired) electrons. The Morgan fingerprint density at radius 2 is 1.65 bits per heavy atom. The van der Waals surface area contributed by atoms with Gasteiger partial charge in [0, 0.05) is 5.57 Å². The first-order valence-electron chi connectivity index (χ1n) is 8.02. The number of fused-ring (bicyclic) bond motifs is 1. The third-order valence-corrected chi connectivity index (χ3v) is 4.47. The fourth-order valence-electron chi connectivity index (χ4n) is 3.15. The van der Waals surface area contributed by atoms with Crippen molar-refractivity contribution in [2.24, 2.45) is 0 Å². The molecule has 0 saturated carbocycles. The van der Waals surface area contributed by atoms with Crippen LogP contribution >= 0.6 is 0 Å². The summed E-state index contributed by atoms with van der Waals surface area (Å²) < 4.78 is 0. The Bertz CT molecular complexity index is 810. The normalized spacial score (nSPS) is 19.3. The first-order valence-corrected chi connectivity index (χ1v) is 8.02. The summed E-state index contributed by atoms with van der Waals surface area (Å²) in [5.41, 5.74) is 8.60. The molecular formula is C20H24N2O. The monoisotopic (exact) mass is 308 g/mol. The van der Waals surface area contributed by atoms with E-state index in [1.165, 1.54) is 16.3 Å². The van der Waals surface area contributed by atoms with Crippen LogP contribution in [0.25, 0.3) is 16.8 Å². The van der Waals surface area contributed by atoms with Crippen LogP contribution in [0.15, 0.2) is 42.0 Å². The molecule has 3 rings (SSSR count). The molecule has 3 heteroatoms. The lowest BCUT2D eigenvalue weighted by atomic mass is 9.82. The zero-order valence-electron chi connectivity index (χ0n) is 14.4. The van der Waals surface area contributed by atoms with Gasteiger partial charge >= 0.3 is 0 Å². The fourth-order valence-corrected chi connectivity index (χ4v) is 3.15. The molecule has 0 bridgehead atoms. The van der Waals surface area contributed by atoms with Crippen LogP contribution < -0.4 is 10.9 Å². The van der Waals surface area contributed by atoms with E-state index in [0.717, 1.165) is 11.1 Å². The summed E-state index contributed by atoms with van der Waals surface area (Å²) in [6, 6.07) is 12.7. The first-order chi connectivity index (χ1) is 10.7. The lowest BCUT2D eigenvalue weighted by Crippen LogP contribution is -2.38. The van der Waals surface area contributed by atoms with Crippen molar-refractivity contribution in [1.82, 2.24) is 10.9 Å². The van der Waals surface area contributed by atoms with Gasteiger partial charge in [0.2, 0.25) is 0 Å². The Morgan fingerprint density at radius 3 is 2.26 bits per heavy atom. The molecule has 1 saturated heterocycles. The van der Waals surface area contributed by atoms with Gasteiger partial charge in [-0.3, -0.25) is 10.2 Å². The van der Waals surface area contributed by atoms with E-state index in [9.17, 15) is 4.79 Å². The summed E-state index contributed by atoms with van der Waals surface area (Å²) in [5, 5.41) is 2.43. The van der Waals surface area contributed by atoms with Crippen molar-refractivity contribution in [3.8, 4) is 0 Å². The van der Waals surface area contributed by atoms with Crippen LogP contribution in [0.4, 0.5) is 0 Å². The molecular weight excluding hydrogens is 284 g/mol. The minimum absolute atomic E-state index is 0.0565. The van der Waals surface area contributed by atoms with Crippen LogP contribution in [0.5, 0.6) is 0 Å². The highest BCUT2D eigenvalue weighted by atomic mass is 16.2. The summed E-state index contributed by atoms with van der Waals surface area (Å²) >= 11 is 0. The van der Waals surface area contributed by atoms with E-state index in [4.69, 9.17) is 0 Å². The van der Waals surface area contributed by atoms with Crippen molar-refractivity contribution in [3.63, 3.8) is 0 Å². The second kappa shape index (κ2) is 5.20. The van der Waals surface area contributed by atoms with Gasteiger partial charge in [0.15, 0.2) is 0 Å². The van der Waals surface area contributed by atoms with Crippen molar-refractivity contribution in [1.29, 1.82) is 0 Å². The second-order valence-electron chi connectivity index (χ2n) is 7.76. The number of carbonyl (C=O) groups excluding carboxylic acids is 1. The summed E-state index contributed by atoms with van der Waals surface area (Å²) in [5.74, 6) is -0.0565. The molecule has 0 aliphatic carbocycles. The van der Waals surface area contributed by atoms with E-state index in [1.807, 2.05) is 19.9 Å². The summed E-state index contributed by atoms with van der Waals surface area (Å²) in [6.45, 7) is 10.7. The van der Waals surface area contributed by atoms with Gasteiger partial charge in [0.25, 0.3) is 5.91 Å². The predicted octanol–water partition coefficient (Wildman–Crippen LogP) is 3.93. The number of hydrogen-bond acceptors (Lipinski definition) is 2. The second-order valence-corrected chi connectivity index (χ2v) is 7.76. The minimum atomic E-state index is -0.374. The lowest BCUT2D eigenvalue weighted by molar-refractivity contribution is -0.116. The number of amides is 1. The highest BCUT2D eigenvalue weighted by Gasteiger charge is 2.35. The van der Waals surface area contributed by atoms with Gasteiger partial charge in [-0.25, -0.2) is 5.43 Å². The lowest BCUT2D eigenvalue weighted by Gasteiger charge is -2.22. The molecule has 0 spiro atoms. The quantitative estimate of drug-likeness (QED) is 0.784. The zero-order valence-corrected chi connectivity index (χ0v) is 14.4. The maximum absolute atomic E-state index is 12.1. The van der Waals surface area contributed by atoms with Crippen LogP contribution in [0.1, 0.15) is 45.7 Å². The maximum Gasteiger partial charge on any atom is 0.263 e. The largest absolute Gasteiger partial charge is 0.287 e. The van der Waals surface area contributed by atoms with Crippen molar-refractivity contribution < 1.29 is 4.79 Å². The van der Waals surface area contributed by atoms with Crippen LogP contribution in [0, 0.1) is 0 Å². The molecule has 0 unspecified atom stereocenters. The van der Waals surface area contributed by atoms with Gasteiger partial charge in [-0.2, -0.15) is 0 Å². The maximum atomic E-state index is 12.1. The Balaban J connectivity index is 2.23. The van der Waals surface area contributed by atoms with Crippen molar-refractivity contribution in [2.75, 3.05) is 0 Å². The first kappa shape index (κ1) is 15.8. The third kappa shape index (κ3) is 2.77. The SMILES string of the molecule is CC1(C)NNC(=O)/C1=C\c1cccc2c(C(C)(C)C)cccc12. The molecule has 0 aromatic heterocycles. The van der Waals surface area contributed by atoms with Crippen LogP contribution in [0.3, 0.4) is 0 Å². The smallest absolute Gasteiger partial charge is 0.263 e. The van der Waals surface area contributed by atoms with Crippen LogP contribution in [0.2, 0.25) is 0 Å². The average Bonchev–Trinajstić information content (AvgIpc) is 2.73. The Kier molecular flexibility index (Phi) is 3.56. The van der Waals surface area contributed by atoms with E-state index in [-0.39, 0.29) is 16.9 Å². The Morgan fingerprint density at radius 1 is 1.00 bits per heavy atom. The van der Waals surface area contributed by atoms with E-state index in [1.54, 1.807) is 0 Å². The molecule has 120 valence electrons. The van der Waals surface area contributed by atoms with Crippen LogP contribution in [-0.4, -0.2) is 11.4 Å². The minimum Gasteiger partial charge on any atom is -0.287 e. The third-order valence-electron chi connectivity index (χ3n) is 4.47. The number of hydrogen-bond donors (Lipinski definition) is 2. The fraction of sp³-hybridized carbons (Fsp3) is 0.350. The van der Waals surface area contributed by atoms with Gasteiger partial charge in [-0.15, -0.1) is 0 Å². The molecule has 0 atom stereocenters. The van der Waals surface area contributed by atoms with E-state index >= 15 is 0 Å². The van der Waals surface area contributed by atoms with E-state index in [2.05, 4.69) is 68.0 Å². The highest BCUT2D eigenvalue weighted by Crippen LogP contribution is 2.33. The number of carbonyl (C=O) groups is 1. The van der Waals surface area contributed by atoms with Crippen molar-refractivity contribution in [2.45, 2.75) is 45.6 Å². The molecule has 1 heterocycles. The molecule has 3 nitrogen and oxygen atoms in total. The van der Waals surface area contributed by atoms with Gasteiger partial charge in [-0.1, -0.05) is 57.2 Å². The van der Waals surface area contributed by atoms with Gasteiger partial charge in [0.1, 0.15) is 0 Å². The van der Waals surface area contributed by atoms with Gasteiger partial charge in [-0.05, 0) is 47.2 Å². The standard InChI is InChI=1S/C20H24N2O/c1-19(2,3)16-11-7-9-14-13(8-6-10-15(14)16)12-17-18(23)21-22-20(17,4)5/h6-12,22H,1-5H3,(H,21,23)/b17-12+. The molecule has 1 amide bonds. The number of nitrogens with one attached hydrogen (secondary N) is 2. The summed E-state index contributed by atoms with van der Waals surface area (Å²) in [4.78, 5) is 12.1. The summed E-state index contributed by atoms with van der Waals surface area (Å²) in [6.07, 6.45) is 2.00. The van der Waals surface area contributed by atoms with Crippen molar-refractivity contribution in [3.05, 3.63) is 53.1 Å². The molecule has 1 fully saturated rings. The van der Waals surface area contributed by atoms with Crippen LogP contribution in [-0.2, 0) is 10.2 Å². The predicted molar refractivity (Wildman–Crippen MR) is 96.0 cm³/mol. The number of rotatable bonds is 1. The Labute approximate surface area is 137 Å². The number of hydrazine groups is 1. The molecule has 2 N–H and O–H groups in total. The molecule has 2 aromatic carbocycles. The molecule has 1 aliphatic heterocycles. The van der Waals surface area contributed by atoms with Gasteiger partial charge in [0.05, 0.1) is 5.54 Å². The molecule has 1 aliphatic rings.